The summed E-state index contributed by atoms with van der Waals surface area (Å²) < 4.78 is 12.8. The highest BCUT2D eigenvalue weighted by Gasteiger charge is 2.14. The van der Waals surface area contributed by atoms with Crippen molar-refractivity contribution in [1.29, 1.82) is 5.26 Å². The van der Waals surface area contributed by atoms with Gasteiger partial charge in [0.2, 0.25) is 0 Å². The van der Waals surface area contributed by atoms with Crippen molar-refractivity contribution in [2.75, 3.05) is 14.2 Å². The van der Waals surface area contributed by atoms with Crippen LogP contribution in [-0.4, -0.2) is 28.3 Å². The zero-order chi connectivity index (χ0) is 19.4. The average Bonchev–Trinajstić information content (AvgIpc) is 2.70. The maximum atomic E-state index is 12.7. The van der Waals surface area contributed by atoms with Crippen molar-refractivity contribution in [3.63, 3.8) is 0 Å². The lowest BCUT2D eigenvalue weighted by atomic mass is 10.1. The summed E-state index contributed by atoms with van der Waals surface area (Å²) in [5.41, 5.74) is 0.138. The maximum absolute atomic E-state index is 12.7. The number of hydrogen-bond donors (Lipinski definition) is 0. The SMILES string of the molecule is COc1ccc(CCn2c(=O)c3cccnc3n(CC#N)c2=O)cc1OC. The fourth-order valence-electron chi connectivity index (χ4n) is 2.94. The molecule has 3 aromatic rings. The Kier molecular flexibility index (Phi) is 5.22. The van der Waals surface area contributed by atoms with Crippen LogP contribution in [0.1, 0.15) is 5.56 Å². The normalized spacial score (nSPS) is 10.6. The van der Waals surface area contributed by atoms with E-state index in [-0.39, 0.29) is 18.7 Å². The summed E-state index contributed by atoms with van der Waals surface area (Å²) in [6.45, 7) is -0.00754. The predicted octanol–water partition coefficient (Wildman–Crippen LogP) is 1.34. The second-order valence-corrected chi connectivity index (χ2v) is 5.80. The highest BCUT2D eigenvalue weighted by molar-refractivity contribution is 5.73. The molecule has 8 nitrogen and oxygen atoms in total. The molecule has 2 aromatic heterocycles. The minimum atomic E-state index is -0.548. The van der Waals surface area contributed by atoms with Gasteiger partial charge < -0.3 is 9.47 Å². The minimum Gasteiger partial charge on any atom is -0.493 e. The number of fused-ring (bicyclic) bond motifs is 1. The Labute approximate surface area is 154 Å². The van der Waals surface area contributed by atoms with Crippen LogP contribution in [0.15, 0.2) is 46.1 Å². The van der Waals surface area contributed by atoms with Gasteiger partial charge in [-0.25, -0.2) is 9.78 Å². The van der Waals surface area contributed by atoms with Crippen LogP contribution in [0.25, 0.3) is 11.0 Å². The van der Waals surface area contributed by atoms with E-state index >= 15 is 0 Å². The molecule has 0 unspecified atom stereocenters. The summed E-state index contributed by atoms with van der Waals surface area (Å²) >= 11 is 0. The molecular weight excluding hydrogens is 348 g/mol. The van der Waals surface area contributed by atoms with E-state index in [0.717, 1.165) is 10.1 Å². The first-order chi connectivity index (χ1) is 13.1. The van der Waals surface area contributed by atoms with E-state index in [1.165, 1.54) is 10.8 Å². The first kappa shape index (κ1) is 18.2. The maximum Gasteiger partial charge on any atom is 0.333 e. The molecule has 138 valence electrons. The Bertz CT molecular complexity index is 1140. The van der Waals surface area contributed by atoms with Gasteiger partial charge in [-0.15, -0.1) is 0 Å². The second-order valence-electron chi connectivity index (χ2n) is 5.80. The van der Waals surface area contributed by atoms with Gasteiger partial charge in [0.15, 0.2) is 11.5 Å². The Morgan fingerprint density at radius 1 is 1.11 bits per heavy atom. The third-order valence-electron chi connectivity index (χ3n) is 4.28. The fraction of sp³-hybridized carbons (Fsp3) is 0.263. The summed E-state index contributed by atoms with van der Waals surface area (Å²) in [4.78, 5) is 29.6. The van der Waals surface area contributed by atoms with E-state index in [0.29, 0.717) is 23.3 Å². The molecule has 0 bridgehead atoms. The lowest BCUT2D eigenvalue weighted by Gasteiger charge is -2.12. The molecule has 0 amide bonds. The van der Waals surface area contributed by atoms with Gasteiger partial charge in [0.05, 0.1) is 25.7 Å². The van der Waals surface area contributed by atoms with Crippen molar-refractivity contribution in [2.45, 2.75) is 19.5 Å². The van der Waals surface area contributed by atoms with Crippen LogP contribution in [0.2, 0.25) is 0 Å². The smallest absolute Gasteiger partial charge is 0.333 e. The monoisotopic (exact) mass is 366 g/mol. The van der Waals surface area contributed by atoms with E-state index in [4.69, 9.17) is 14.7 Å². The predicted molar refractivity (Wildman–Crippen MR) is 99.1 cm³/mol. The second kappa shape index (κ2) is 7.74. The fourth-order valence-corrected chi connectivity index (χ4v) is 2.94. The zero-order valence-electron chi connectivity index (χ0n) is 15.0. The third-order valence-corrected chi connectivity index (χ3v) is 4.28. The van der Waals surface area contributed by atoms with E-state index in [2.05, 4.69) is 4.98 Å². The van der Waals surface area contributed by atoms with Crippen LogP contribution in [0.5, 0.6) is 11.5 Å². The number of benzene rings is 1. The molecule has 0 saturated heterocycles. The number of nitriles is 1. The van der Waals surface area contributed by atoms with Crippen molar-refractivity contribution < 1.29 is 9.47 Å². The Morgan fingerprint density at radius 3 is 2.59 bits per heavy atom. The van der Waals surface area contributed by atoms with E-state index in [1.807, 2.05) is 12.1 Å². The average molecular weight is 366 g/mol. The topological polar surface area (TPSA) is 99.1 Å². The van der Waals surface area contributed by atoms with Crippen molar-refractivity contribution >= 4 is 11.0 Å². The van der Waals surface area contributed by atoms with Gasteiger partial charge >= 0.3 is 5.69 Å². The summed E-state index contributed by atoms with van der Waals surface area (Å²) in [5, 5.41) is 9.33. The van der Waals surface area contributed by atoms with Crippen LogP contribution in [0.3, 0.4) is 0 Å². The van der Waals surface area contributed by atoms with Crippen molar-refractivity contribution in [3.8, 4) is 17.6 Å². The van der Waals surface area contributed by atoms with Crippen molar-refractivity contribution in [3.05, 3.63) is 62.9 Å². The Hall–Kier alpha value is -3.60. The van der Waals surface area contributed by atoms with Crippen LogP contribution in [0.4, 0.5) is 0 Å². The van der Waals surface area contributed by atoms with Crippen LogP contribution >= 0.6 is 0 Å². The third kappa shape index (κ3) is 3.40. The van der Waals surface area contributed by atoms with Crippen molar-refractivity contribution in [1.82, 2.24) is 14.1 Å². The number of methoxy groups -OCH3 is 2. The molecule has 1 aromatic carbocycles. The first-order valence-corrected chi connectivity index (χ1v) is 8.27. The molecule has 3 rings (SSSR count). The highest BCUT2D eigenvalue weighted by Crippen LogP contribution is 2.27. The molecule has 0 aliphatic heterocycles. The van der Waals surface area contributed by atoms with Gasteiger partial charge in [0.1, 0.15) is 12.2 Å². The van der Waals surface area contributed by atoms with Gasteiger partial charge in [-0.2, -0.15) is 5.26 Å². The first-order valence-electron chi connectivity index (χ1n) is 8.27. The van der Waals surface area contributed by atoms with Gasteiger partial charge in [-0.1, -0.05) is 6.07 Å². The zero-order valence-corrected chi connectivity index (χ0v) is 15.0. The summed E-state index contributed by atoms with van der Waals surface area (Å²) in [7, 11) is 3.10. The molecule has 2 heterocycles. The lowest BCUT2D eigenvalue weighted by Crippen LogP contribution is -2.40. The van der Waals surface area contributed by atoms with E-state index in [1.54, 1.807) is 38.5 Å². The van der Waals surface area contributed by atoms with Crippen LogP contribution in [-0.2, 0) is 19.5 Å². The molecule has 0 aliphatic rings. The van der Waals surface area contributed by atoms with Gasteiger partial charge in [0, 0.05) is 12.7 Å². The van der Waals surface area contributed by atoms with Gasteiger partial charge in [-0.05, 0) is 36.2 Å². The minimum absolute atomic E-state index is 0.170. The van der Waals surface area contributed by atoms with Crippen LogP contribution in [0, 0.1) is 11.3 Å². The molecule has 0 N–H and O–H groups in total. The summed E-state index contributed by atoms with van der Waals surface area (Å²) in [6.07, 6.45) is 1.93. The molecule has 0 saturated carbocycles. The van der Waals surface area contributed by atoms with Gasteiger partial charge in [0.25, 0.3) is 5.56 Å². The summed E-state index contributed by atoms with van der Waals surface area (Å²) in [5.74, 6) is 1.18. The number of pyridine rings is 1. The largest absolute Gasteiger partial charge is 0.493 e. The number of aryl methyl sites for hydroxylation is 1. The lowest BCUT2D eigenvalue weighted by molar-refractivity contribution is 0.354. The number of nitrogens with zero attached hydrogens (tertiary/aromatic N) is 4. The van der Waals surface area contributed by atoms with Crippen molar-refractivity contribution in [2.24, 2.45) is 0 Å². The summed E-state index contributed by atoms with van der Waals surface area (Å²) in [6, 6.07) is 10.6. The highest BCUT2D eigenvalue weighted by atomic mass is 16.5. The number of aromatic nitrogens is 3. The molecule has 0 spiro atoms. The Morgan fingerprint density at radius 2 is 1.89 bits per heavy atom. The van der Waals surface area contributed by atoms with Gasteiger partial charge in [-0.3, -0.25) is 13.9 Å². The number of rotatable bonds is 6. The molecule has 27 heavy (non-hydrogen) atoms. The molecule has 0 aliphatic carbocycles. The van der Waals surface area contributed by atoms with E-state index in [9.17, 15) is 9.59 Å². The molecule has 8 heteroatoms. The number of hydrogen-bond acceptors (Lipinski definition) is 6. The van der Waals surface area contributed by atoms with E-state index < -0.39 is 11.2 Å². The standard InChI is InChI=1S/C19H18N4O4/c1-26-15-6-5-13(12-16(15)27-2)7-10-23-18(24)14-4-3-9-21-17(14)22(11-8-20)19(23)25/h3-6,9,12H,7,10-11H2,1-2H3. The number of ether oxygens (including phenoxy) is 2. The molecule has 0 fully saturated rings. The molecule has 0 radical (unpaired) electrons. The molecule has 0 atom stereocenters. The van der Waals surface area contributed by atoms with Crippen LogP contribution < -0.4 is 20.7 Å². The Balaban J connectivity index is 2.02. The quantitative estimate of drug-likeness (QED) is 0.653. The molecular formula is C19H18N4O4.